The first kappa shape index (κ1) is 20.0. The SMILES string of the molecule is CCOC(=O)c1sc(N)c(C(=O)OCC)c1CSc1nnc(SC)s1. The van der Waals surface area contributed by atoms with Crippen molar-refractivity contribution in [1.82, 2.24) is 10.2 Å². The fourth-order valence-corrected chi connectivity index (χ4v) is 5.41. The van der Waals surface area contributed by atoms with Crippen LogP contribution in [0.15, 0.2) is 8.68 Å². The Kier molecular flexibility index (Phi) is 7.54. The maximum atomic E-state index is 12.3. The molecule has 0 saturated carbocycles. The molecule has 0 saturated heterocycles. The average Bonchev–Trinajstić information content (AvgIpc) is 3.17. The molecule has 2 rings (SSSR count). The van der Waals surface area contributed by atoms with Crippen molar-refractivity contribution in [3.63, 3.8) is 0 Å². The lowest BCUT2D eigenvalue weighted by atomic mass is 10.1. The zero-order valence-electron chi connectivity index (χ0n) is 13.9. The quantitative estimate of drug-likeness (QED) is 0.508. The summed E-state index contributed by atoms with van der Waals surface area (Å²) in [6.07, 6.45) is 1.92. The van der Waals surface area contributed by atoms with Crippen molar-refractivity contribution in [3.05, 3.63) is 16.0 Å². The van der Waals surface area contributed by atoms with Gasteiger partial charge in [0.15, 0.2) is 8.68 Å². The summed E-state index contributed by atoms with van der Waals surface area (Å²) in [5.74, 6) is -0.684. The number of hydrogen-bond acceptors (Lipinski definition) is 11. The van der Waals surface area contributed by atoms with Crippen LogP contribution < -0.4 is 5.73 Å². The third-order valence-corrected chi connectivity index (χ3v) is 6.98. The second kappa shape index (κ2) is 9.41. The molecule has 2 heterocycles. The minimum atomic E-state index is -0.538. The van der Waals surface area contributed by atoms with E-state index in [-0.39, 0.29) is 23.8 Å². The standard InChI is InChI=1S/C14H17N3O4S4/c1-4-20-11(18)8-7(6-23-14-17-16-13(22-3)25-14)9(24-10(8)15)12(19)21-5-2/h4-6,15H2,1-3H3. The summed E-state index contributed by atoms with van der Waals surface area (Å²) in [6, 6.07) is 0. The number of hydrogen-bond donors (Lipinski definition) is 1. The van der Waals surface area contributed by atoms with E-state index in [9.17, 15) is 9.59 Å². The minimum absolute atomic E-state index is 0.225. The number of carbonyl (C=O) groups excluding carboxylic acids is 2. The summed E-state index contributed by atoms with van der Waals surface area (Å²) >= 11 is 5.39. The van der Waals surface area contributed by atoms with Gasteiger partial charge in [-0.25, -0.2) is 9.59 Å². The fraction of sp³-hybridized carbons (Fsp3) is 0.429. The van der Waals surface area contributed by atoms with Gasteiger partial charge in [0.2, 0.25) is 0 Å². The number of nitrogens with zero attached hydrogens (tertiary/aromatic N) is 2. The van der Waals surface area contributed by atoms with Crippen LogP contribution in [0.4, 0.5) is 5.00 Å². The molecule has 0 unspecified atom stereocenters. The molecule has 0 spiro atoms. The van der Waals surface area contributed by atoms with Gasteiger partial charge in [0, 0.05) is 11.3 Å². The van der Waals surface area contributed by atoms with Crippen molar-refractivity contribution >= 4 is 63.1 Å². The first-order valence-electron chi connectivity index (χ1n) is 7.27. The molecule has 2 aromatic heterocycles. The molecule has 7 nitrogen and oxygen atoms in total. The van der Waals surface area contributed by atoms with Gasteiger partial charge in [0.1, 0.15) is 9.88 Å². The highest BCUT2D eigenvalue weighted by Gasteiger charge is 2.28. The minimum Gasteiger partial charge on any atom is -0.462 e. The second-order valence-corrected chi connectivity index (χ2v) is 8.72. The monoisotopic (exact) mass is 419 g/mol. The number of aromatic nitrogens is 2. The highest BCUT2D eigenvalue weighted by atomic mass is 32.2. The number of esters is 2. The summed E-state index contributed by atoms with van der Waals surface area (Å²) in [4.78, 5) is 24.8. The summed E-state index contributed by atoms with van der Waals surface area (Å²) in [5, 5.41) is 8.36. The molecule has 0 aromatic carbocycles. The lowest BCUT2D eigenvalue weighted by molar-refractivity contribution is 0.0527. The number of thiophene rings is 1. The van der Waals surface area contributed by atoms with Gasteiger partial charge < -0.3 is 15.2 Å². The first-order valence-corrected chi connectivity index (χ1v) is 11.1. The van der Waals surface area contributed by atoms with Gasteiger partial charge in [0.25, 0.3) is 0 Å². The van der Waals surface area contributed by atoms with E-state index in [1.165, 1.54) is 34.9 Å². The van der Waals surface area contributed by atoms with Crippen LogP contribution >= 0.6 is 46.2 Å². The number of nitrogen functional groups attached to an aromatic ring is 1. The van der Waals surface area contributed by atoms with Crippen LogP contribution in [-0.4, -0.2) is 41.6 Å². The van der Waals surface area contributed by atoms with E-state index in [4.69, 9.17) is 15.2 Å². The zero-order chi connectivity index (χ0) is 18.4. The molecule has 11 heteroatoms. The summed E-state index contributed by atoms with van der Waals surface area (Å²) in [6.45, 7) is 3.90. The van der Waals surface area contributed by atoms with Gasteiger partial charge in [-0.3, -0.25) is 0 Å². The number of rotatable bonds is 8. The number of thioether (sulfide) groups is 2. The maximum absolute atomic E-state index is 12.3. The molecule has 0 aliphatic rings. The molecular weight excluding hydrogens is 402 g/mol. The van der Waals surface area contributed by atoms with Crippen molar-refractivity contribution in [1.29, 1.82) is 0 Å². The average molecular weight is 420 g/mol. The van der Waals surface area contributed by atoms with Crippen molar-refractivity contribution in [2.24, 2.45) is 0 Å². The summed E-state index contributed by atoms with van der Waals surface area (Å²) < 4.78 is 11.7. The van der Waals surface area contributed by atoms with Crippen LogP contribution in [0.1, 0.15) is 39.4 Å². The highest BCUT2D eigenvalue weighted by Crippen LogP contribution is 2.37. The second-order valence-electron chi connectivity index (χ2n) is 4.42. The zero-order valence-corrected chi connectivity index (χ0v) is 17.1. The third kappa shape index (κ3) is 4.87. The summed E-state index contributed by atoms with van der Waals surface area (Å²) in [7, 11) is 0. The molecule has 0 radical (unpaired) electrons. The van der Waals surface area contributed by atoms with Crippen LogP contribution in [0.2, 0.25) is 0 Å². The molecule has 0 bridgehead atoms. The van der Waals surface area contributed by atoms with E-state index in [1.54, 1.807) is 13.8 Å². The topological polar surface area (TPSA) is 104 Å². The predicted octanol–water partition coefficient (Wildman–Crippen LogP) is 3.55. The van der Waals surface area contributed by atoms with Gasteiger partial charge in [-0.05, 0) is 20.1 Å². The van der Waals surface area contributed by atoms with Gasteiger partial charge in [0.05, 0.1) is 18.8 Å². The van der Waals surface area contributed by atoms with Crippen LogP contribution in [-0.2, 0) is 15.2 Å². The van der Waals surface area contributed by atoms with Gasteiger partial charge in [-0.1, -0.05) is 34.9 Å². The van der Waals surface area contributed by atoms with Crippen molar-refractivity contribution in [2.75, 3.05) is 25.2 Å². The normalized spacial score (nSPS) is 10.7. The lowest BCUT2D eigenvalue weighted by Crippen LogP contribution is -2.10. The Labute approximate surface area is 161 Å². The molecule has 136 valence electrons. The molecule has 0 atom stereocenters. The molecule has 0 fully saturated rings. The van der Waals surface area contributed by atoms with Crippen LogP contribution in [0.5, 0.6) is 0 Å². The smallest absolute Gasteiger partial charge is 0.348 e. The fourth-order valence-electron chi connectivity index (χ4n) is 1.88. The molecule has 2 aromatic rings. The number of ether oxygens (including phenoxy) is 2. The van der Waals surface area contributed by atoms with Crippen LogP contribution in [0, 0.1) is 0 Å². The van der Waals surface area contributed by atoms with E-state index in [0.29, 0.717) is 16.2 Å². The van der Waals surface area contributed by atoms with E-state index in [0.717, 1.165) is 20.0 Å². The number of nitrogens with two attached hydrogens (primary N) is 1. The summed E-state index contributed by atoms with van der Waals surface area (Å²) in [5.41, 5.74) is 6.73. The molecule has 25 heavy (non-hydrogen) atoms. The van der Waals surface area contributed by atoms with Crippen molar-refractivity contribution in [2.45, 2.75) is 28.3 Å². The Morgan fingerprint density at radius 3 is 2.32 bits per heavy atom. The first-order chi connectivity index (χ1) is 12.0. The van der Waals surface area contributed by atoms with Gasteiger partial charge in [-0.15, -0.1) is 21.5 Å². The largest absolute Gasteiger partial charge is 0.462 e. The Morgan fingerprint density at radius 2 is 1.72 bits per heavy atom. The van der Waals surface area contributed by atoms with Crippen LogP contribution in [0.25, 0.3) is 0 Å². The molecule has 0 aliphatic heterocycles. The lowest BCUT2D eigenvalue weighted by Gasteiger charge is -2.06. The Morgan fingerprint density at radius 1 is 1.08 bits per heavy atom. The Hall–Kier alpha value is -1.30. The highest BCUT2D eigenvalue weighted by molar-refractivity contribution is 8.02. The van der Waals surface area contributed by atoms with E-state index >= 15 is 0 Å². The van der Waals surface area contributed by atoms with Gasteiger partial charge in [-0.2, -0.15) is 0 Å². The Bertz CT molecular complexity index is 759. The van der Waals surface area contributed by atoms with Crippen molar-refractivity contribution in [3.8, 4) is 0 Å². The molecular formula is C14H17N3O4S4. The molecule has 2 N–H and O–H groups in total. The molecule has 0 aliphatic carbocycles. The Balaban J connectivity index is 2.33. The van der Waals surface area contributed by atoms with E-state index in [2.05, 4.69) is 10.2 Å². The van der Waals surface area contributed by atoms with Gasteiger partial charge >= 0.3 is 11.9 Å². The number of carbonyl (C=O) groups is 2. The number of anilines is 1. The van der Waals surface area contributed by atoms with Crippen LogP contribution in [0.3, 0.4) is 0 Å². The van der Waals surface area contributed by atoms with E-state index < -0.39 is 11.9 Å². The molecule has 0 amide bonds. The van der Waals surface area contributed by atoms with Crippen molar-refractivity contribution < 1.29 is 19.1 Å². The maximum Gasteiger partial charge on any atom is 0.348 e. The van der Waals surface area contributed by atoms with E-state index in [1.807, 2.05) is 6.26 Å². The third-order valence-electron chi connectivity index (χ3n) is 2.88. The predicted molar refractivity (Wildman–Crippen MR) is 102 cm³/mol.